The molecule has 1 rings (SSSR count). The fraction of sp³-hybridized carbons (Fsp3) is 1.00. The average Bonchev–Trinajstić information content (AvgIpc) is 2.25. The molecule has 90 valence electrons. The van der Waals surface area contributed by atoms with Crippen molar-refractivity contribution in [2.75, 3.05) is 13.2 Å². The fourth-order valence-corrected chi connectivity index (χ4v) is 1.58. The second-order valence-electron chi connectivity index (χ2n) is 3.72. The molecule has 0 aromatic heterocycles. The van der Waals surface area contributed by atoms with Gasteiger partial charge in [-0.05, 0) is 6.42 Å². The predicted octanol–water partition coefficient (Wildman–Crippen LogP) is -2.21. The van der Waals surface area contributed by atoms with E-state index in [1.807, 2.05) is 6.92 Å². The zero-order chi connectivity index (χ0) is 11.4. The Bertz CT molecular complexity index is 189. The summed E-state index contributed by atoms with van der Waals surface area (Å²) < 4.78 is 5.25. The number of piperidine rings is 1. The Hall–Kier alpha value is -0.240. The van der Waals surface area contributed by atoms with Crippen molar-refractivity contribution < 1.29 is 25.2 Å². The topological polar surface area (TPSA) is 102 Å². The van der Waals surface area contributed by atoms with E-state index >= 15 is 0 Å². The van der Waals surface area contributed by atoms with E-state index in [-0.39, 0.29) is 6.61 Å². The predicted molar refractivity (Wildman–Crippen MR) is 52.1 cm³/mol. The van der Waals surface area contributed by atoms with Crippen LogP contribution in [0.5, 0.6) is 0 Å². The number of hydrogen-bond donors (Lipinski definition) is 5. The van der Waals surface area contributed by atoms with Gasteiger partial charge in [-0.15, -0.1) is 0 Å². The third-order valence-corrected chi connectivity index (χ3v) is 2.50. The largest absolute Gasteiger partial charge is 0.395 e. The number of rotatable bonds is 4. The Labute approximate surface area is 88.5 Å². The standard InChI is InChI=1S/C9H19NO5/c1-2-3-15-9-8(14)7(13)6(12)5(4-11)10-9/h5-14H,2-4H2,1H3/t5-,6-,7+,8-,9?/m1/s1. The van der Waals surface area contributed by atoms with Gasteiger partial charge in [-0.1, -0.05) is 6.92 Å². The molecule has 0 bridgehead atoms. The highest BCUT2D eigenvalue weighted by Crippen LogP contribution is 2.16. The van der Waals surface area contributed by atoms with Crippen LogP contribution in [0.15, 0.2) is 0 Å². The number of ether oxygens (including phenoxy) is 1. The Morgan fingerprint density at radius 2 is 1.80 bits per heavy atom. The second kappa shape index (κ2) is 5.74. The van der Waals surface area contributed by atoms with Crippen molar-refractivity contribution in [3.8, 4) is 0 Å². The summed E-state index contributed by atoms with van der Waals surface area (Å²) in [6.07, 6.45) is -3.64. The second-order valence-corrected chi connectivity index (χ2v) is 3.72. The molecule has 1 heterocycles. The van der Waals surface area contributed by atoms with Gasteiger partial charge in [0.05, 0.1) is 12.6 Å². The van der Waals surface area contributed by atoms with Crippen LogP contribution in [-0.4, -0.2) is 64.2 Å². The molecular weight excluding hydrogens is 202 g/mol. The lowest BCUT2D eigenvalue weighted by Gasteiger charge is -2.40. The van der Waals surface area contributed by atoms with E-state index in [1.54, 1.807) is 0 Å². The number of aliphatic hydroxyl groups excluding tert-OH is 4. The molecule has 5 atom stereocenters. The number of aliphatic hydroxyl groups is 4. The maximum absolute atomic E-state index is 9.57. The van der Waals surface area contributed by atoms with Crippen LogP contribution in [0.2, 0.25) is 0 Å². The van der Waals surface area contributed by atoms with Crippen LogP contribution in [0.3, 0.4) is 0 Å². The lowest BCUT2D eigenvalue weighted by molar-refractivity contribution is -0.178. The monoisotopic (exact) mass is 221 g/mol. The van der Waals surface area contributed by atoms with E-state index in [1.165, 1.54) is 0 Å². The van der Waals surface area contributed by atoms with Gasteiger partial charge in [0.25, 0.3) is 0 Å². The molecule has 0 aliphatic carbocycles. The van der Waals surface area contributed by atoms with Crippen molar-refractivity contribution >= 4 is 0 Å². The average molecular weight is 221 g/mol. The molecular formula is C9H19NO5. The first-order valence-corrected chi connectivity index (χ1v) is 5.14. The lowest BCUT2D eigenvalue weighted by Crippen LogP contribution is -2.66. The minimum absolute atomic E-state index is 0.322. The molecule has 0 aromatic rings. The molecule has 6 nitrogen and oxygen atoms in total. The molecule has 5 N–H and O–H groups in total. The van der Waals surface area contributed by atoms with Crippen LogP contribution in [-0.2, 0) is 4.74 Å². The zero-order valence-electron chi connectivity index (χ0n) is 8.71. The quantitative estimate of drug-likeness (QED) is 0.369. The molecule has 15 heavy (non-hydrogen) atoms. The summed E-state index contributed by atoms with van der Waals surface area (Å²) >= 11 is 0. The first-order chi connectivity index (χ1) is 7.11. The van der Waals surface area contributed by atoms with E-state index in [0.29, 0.717) is 6.61 Å². The summed E-state index contributed by atoms with van der Waals surface area (Å²) in [5.74, 6) is 0. The highest BCUT2D eigenvalue weighted by molar-refractivity contribution is 4.94. The molecule has 0 radical (unpaired) electrons. The molecule has 0 aromatic carbocycles. The van der Waals surface area contributed by atoms with Crippen LogP contribution in [0.1, 0.15) is 13.3 Å². The molecule has 1 fully saturated rings. The molecule has 6 heteroatoms. The summed E-state index contributed by atoms with van der Waals surface area (Å²) in [7, 11) is 0. The summed E-state index contributed by atoms with van der Waals surface area (Å²) in [5, 5.41) is 40.2. The van der Waals surface area contributed by atoms with Crippen LogP contribution < -0.4 is 5.32 Å². The smallest absolute Gasteiger partial charge is 0.137 e. The van der Waals surface area contributed by atoms with Gasteiger partial charge in [-0.2, -0.15) is 0 Å². The van der Waals surface area contributed by atoms with E-state index < -0.39 is 30.6 Å². The zero-order valence-corrected chi connectivity index (χ0v) is 8.71. The van der Waals surface area contributed by atoms with Crippen molar-refractivity contribution in [1.29, 1.82) is 0 Å². The SMILES string of the molecule is CCCOC1N[C@H](CO)[C@@H](O)[C@H](O)[C@H]1O. The summed E-state index contributed by atoms with van der Waals surface area (Å²) in [4.78, 5) is 0. The van der Waals surface area contributed by atoms with Crippen molar-refractivity contribution in [3.05, 3.63) is 0 Å². The third kappa shape index (κ3) is 2.87. The van der Waals surface area contributed by atoms with Gasteiger partial charge in [-0.25, -0.2) is 0 Å². The van der Waals surface area contributed by atoms with Crippen molar-refractivity contribution in [3.63, 3.8) is 0 Å². The van der Waals surface area contributed by atoms with E-state index in [2.05, 4.69) is 5.32 Å². The summed E-state index contributed by atoms with van der Waals surface area (Å²) in [5.41, 5.74) is 0. The number of hydrogen-bond acceptors (Lipinski definition) is 6. The van der Waals surface area contributed by atoms with Gasteiger partial charge >= 0.3 is 0 Å². The maximum atomic E-state index is 9.57. The van der Waals surface area contributed by atoms with Gasteiger partial charge in [0.2, 0.25) is 0 Å². The van der Waals surface area contributed by atoms with Gasteiger partial charge in [0.15, 0.2) is 0 Å². The summed E-state index contributed by atoms with van der Waals surface area (Å²) in [6.45, 7) is 2.04. The van der Waals surface area contributed by atoms with E-state index in [4.69, 9.17) is 9.84 Å². The molecule has 0 saturated carbocycles. The molecule has 1 aliphatic heterocycles. The summed E-state index contributed by atoms with van der Waals surface area (Å²) in [6, 6.07) is -0.676. The minimum Gasteiger partial charge on any atom is -0.395 e. The Morgan fingerprint density at radius 3 is 2.33 bits per heavy atom. The lowest BCUT2D eigenvalue weighted by atomic mass is 9.95. The Morgan fingerprint density at radius 1 is 1.13 bits per heavy atom. The van der Waals surface area contributed by atoms with Gasteiger partial charge < -0.3 is 25.2 Å². The number of nitrogens with one attached hydrogen (secondary N) is 1. The van der Waals surface area contributed by atoms with E-state index in [9.17, 15) is 15.3 Å². The van der Waals surface area contributed by atoms with Crippen molar-refractivity contribution in [1.82, 2.24) is 5.32 Å². The van der Waals surface area contributed by atoms with Gasteiger partial charge in [-0.3, -0.25) is 5.32 Å². The van der Waals surface area contributed by atoms with Crippen LogP contribution in [0, 0.1) is 0 Å². The van der Waals surface area contributed by atoms with Crippen LogP contribution in [0.4, 0.5) is 0 Å². The molecule has 0 spiro atoms. The minimum atomic E-state index is -1.30. The van der Waals surface area contributed by atoms with Crippen molar-refractivity contribution in [2.45, 2.75) is 43.9 Å². The van der Waals surface area contributed by atoms with Gasteiger partial charge in [0.1, 0.15) is 24.5 Å². The Kier molecular flexibility index (Phi) is 4.91. The normalized spacial score (nSPS) is 41.8. The van der Waals surface area contributed by atoms with Crippen LogP contribution >= 0.6 is 0 Å². The first kappa shape index (κ1) is 12.8. The molecule has 1 aliphatic rings. The van der Waals surface area contributed by atoms with Gasteiger partial charge in [0, 0.05) is 6.61 Å². The first-order valence-electron chi connectivity index (χ1n) is 5.14. The highest BCUT2D eigenvalue weighted by atomic mass is 16.5. The maximum Gasteiger partial charge on any atom is 0.137 e. The van der Waals surface area contributed by atoms with Crippen molar-refractivity contribution in [2.24, 2.45) is 0 Å². The van der Waals surface area contributed by atoms with E-state index in [0.717, 1.165) is 6.42 Å². The fourth-order valence-electron chi connectivity index (χ4n) is 1.58. The molecule has 1 unspecified atom stereocenters. The Balaban J connectivity index is 2.57. The molecule has 0 amide bonds. The third-order valence-electron chi connectivity index (χ3n) is 2.50. The highest BCUT2D eigenvalue weighted by Gasteiger charge is 2.42. The van der Waals surface area contributed by atoms with Crippen LogP contribution in [0.25, 0.3) is 0 Å². The molecule has 1 saturated heterocycles.